The first-order valence-electron chi connectivity index (χ1n) is 26.6. The molecular weight excluding hydrogens is 949 g/mol. The molecule has 0 aliphatic rings. The highest BCUT2D eigenvalue weighted by Gasteiger charge is 2.24. The average Bonchev–Trinajstić information content (AvgIpc) is 3.64. The van der Waals surface area contributed by atoms with Gasteiger partial charge in [0.05, 0.1) is 16.1 Å². The molecule has 2 nitrogen and oxygen atoms in total. The first-order chi connectivity index (χ1) is 36.9. The summed E-state index contributed by atoms with van der Waals surface area (Å²) in [5.74, 6) is 0. The predicted octanol–water partition coefficient (Wildman–Crippen LogP) is 19.7. The summed E-state index contributed by atoms with van der Waals surface area (Å²) in [6.45, 7) is 14.5. The van der Waals surface area contributed by atoms with E-state index in [-0.39, 0.29) is 0 Å². The average molecular weight is 1010 g/mol. The van der Waals surface area contributed by atoms with Crippen molar-refractivity contribution in [3.8, 4) is 22.3 Å². The van der Waals surface area contributed by atoms with E-state index in [2.05, 4.69) is 328 Å². The molecule has 0 saturated heterocycles. The van der Waals surface area contributed by atoms with Crippen LogP contribution in [0.2, 0.25) is 39.3 Å². The van der Waals surface area contributed by atoms with Gasteiger partial charge in [0.25, 0.3) is 0 Å². The van der Waals surface area contributed by atoms with Crippen molar-refractivity contribution in [1.29, 1.82) is 0 Å². The zero-order valence-electron chi connectivity index (χ0n) is 44.5. The third-order valence-corrected chi connectivity index (χ3v) is 18.6. The summed E-state index contributed by atoms with van der Waals surface area (Å²) in [6.07, 6.45) is 8.90. The third-order valence-electron chi connectivity index (χ3n) is 14.5. The summed E-state index contributed by atoms with van der Waals surface area (Å²) < 4.78 is 0. The summed E-state index contributed by atoms with van der Waals surface area (Å²) in [6, 6.07) is 93.9. The van der Waals surface area contributed by atoms with Crippen LogP contribution in [0.1, 0.15) is 22.3 Å². The van der Waals surface area contributed by atoms with Gasteiger partial charge in [-0.25, -0.2) is 0 Å². The molecule has 0 N–H and O–H groups in total. The Kier molecular flexibility index (Phi) is 14.0. The fourth-order valence-corrected chi connectivity index (χ4v) is 12.8. The molecule has 0 aliphatic heterocycles. The number of nitrogens with zero attached hydrogens (tertiary/aromatic N) is 2. The zero-order chi connectivity index (χ0) is 52.2. The second kappa shape index (κ2) is 21.4. The Balaban J connectivity index is 1.21. The van der Waals surface area contributed by atoms with Crippen molar-refractivity contribution >= 4 is 106 Å². The summed E-state index contributed by atoms with van der Waals surface area (Å²) in [4.78, 5) is 4.84. The second-order valence-electron chi connectivity index (χ2n) is 21.9. The van der Waals surface area contributed by atoms with Gasteiger partial charge in [0.1, 0.15) is 0 Å². The van der Waals surface area contributed by atoms with Gasteiger partial charge in [0, 0.05) is 34.1 Å². The summed E-state index contributed by atoms with van der Waals surface area (Å²) >= 11 is 0. The van der Waals surface area contributed by atoms with Crippen LogP contribution in [0, 0.1) is 0 Å². The van der Waals surface area contributed by atoms with E-state index in [4.69, 9.17) is 0 Å². The molecule has 4 heteroatoms. The van der Waals surface area contributed by atoms with E-state index in [0.717, 1.165) is 56.4 Å². The van der Waals surface area contributed by atoms with Crippen molar-refractivity contribution in [2.45, 2.75) is 39.3 Å². The summed E-state index contributed by atoms with van der Waals surface area (Å²) in [5, 5.41) is 7.62. The molecule has 0 bridgehead atoms. The molecule has 0 amide bonds. The van der Waals surface area contributed by atoms with Gasteiger partial charge >= 0.3 is 0 Å². The van der Waals surface area contributed by atoms with Crippen LogP contribution in [-0.4, -0.2) is 16.1 Å². The van der Waals surface area contributed by atoms with Crippen LogP contribution in [0.5, 0.6) is 0 Å². The molecular formula is C72H64N2Si2. The molecule has 0 heterocycles. The lowest BCUT2D eigenvalue weighted by atomic mass is 9.84. The van der Waals surface area contributed by atoms with Crippen LogP contribution >= 0.6 is 0 Å². The van der Waals surface area contributed by atoms with Crippen molar-refractivity contribution in [3.05, 3.63) is 277 Å². The fourth-order valence-electron chi connectivity index (χ4n) is 10.5. The molecule has 11 aromatic rings. The molecule has 0 radical (unpaired) electrons. The molecule has 11 rings (SSSR count). The Morgan fingerprint density at radius 1 is 0.250 bits per heavy atom. The van der Waals surface area contributed by atoms with Gasteiger partial charge in [-0.05, 0) is 151 Å². The molecule has 0 spiro atoms. The molecule has 0 atom stereocenters. The van der Waals surface area contributed by atoms with E-state index in [1.54, 1.807) is 0 Å². The first kappa shape index (κ1) is 49.7. The second-order valence-corrected chi connectivity index (χ2v) is 32.0. The number of rotatable bonds is 14. The Labute approximate surface area is 452 Å². The minimum Gasteiger partial charge on any atom is -0.310 e. The smallest absolute Gasteiger partial charge is 0.0775 e. The fraction of sp³-hybridized carbons (Fsp3) is 0.0833. The van der Waals surface area contributed by atoms with Crippen LogP contribution in [0.25, 0.3) is 68.1 Å². The largest absolute Gasteiger partial charge is 0.310 e. The Hall–Kier alpha value is -8.55. The molecule has 76 heavy (non-hydrogen) atoms. The molecule has 0 aliphatic carbocycles. The van der Waals surface area contributed by atoms with Gasteiger partial charge < -0.3 is 9.80 Å². The molecule has 0 aromatic heterocycles. The van der Waals surface area contributed by atoms with Crippen molar-refractivity contribution in [2.75, 3.05) is 9.80 Å². The Bertz CT molecular complexity index is 3600. The van der Waals surface area contributed by atoms with Crippen molar-refractivity contribution in [3.63, 3.8) is 0 Å². The normalized spacial score (nSPS) is 12.0. The van der Waals surface area contributed by atoms with Gasteiger partial charge in [0.2, 0.25) is 0 Å². The monoisotopic (exact) mass is 1010 g/mol. The standard InChI is InChI=1S/C72H64N2Si2/c1-75(2,3)65-43-37-61(38-44-65)73(59-29-15-9-16-30-59)63-41-47-67-69(51-63)71(57-27-19-25-55(49-57)35-33-53-21-11-7-12-22-53)68-48-42-64(74(60-31-17-10-18-32-60)62-39-45-66(46-40-62)76(4,5)6)52-70(68)72(67)58-28-20-26-56(50-58)36-34-54-23-13-8-14-24-54/h7-52H,1-6H3. The Morgan fingerprint density at radius 2 is 0.553 bits per heavy atom. The maximum absolute atomic E-state index is 2.45. The molecule has 11 aromatic carbocycles. The zero-order valence-corrected chi connectivity index (χ0v) is 46.5. The summed E-state index contributed by atoms with van der Waals surface area (Å²) in [7, 11) is -3.08. The van der Waals surface area contributed by atoms with Crippen LogP contribution in [0.15, 0.2) is 255 Å². The number of benzene rings is 11. The molecule has 0 unspecified atom stereocenters. The van der Waals surface area contributed by atoms with Crippen molar-refractivity contribution in [1.82, 2.24) is 0 Å². The molecule has 370 valence electrons. The highest BCUT2D eigenvalue weighted by Crippen LogP contribution is 2.48. The van der Waals surface area contributed by atoms with Gasteiger partial charge in [-0.2, -0.15) is 0 Å². The van der Waals surface area contributed by atoms with Gasteiger partial charge in [-0.15, -0.1) is 0 Å². The maximum atomic E-state index is 2.45. The van der Waals surface area contributed by atoms with Crippen molar-refractivity contribution in [2.24, 2.45) is 0 Å². The van der Waals surface area contributed by atoms with E-state index in [1.165, 1.54) is 54.2 Å². The lowest BCUT2D eigenvalue weighted by Gasteiger charge is -2.29. The molecule has 0 saturated carbocycles. The first-order valence-corrected chi connectivity index (χ1v) is 33.6. The SMILES string of the molecule is C[Si](C)(C)c1ccc(N(c2ccccc2)c2ccc3c(-c4cccc(C=Cc5ccccc5)c4)c4cc(N(c5ccccc5)c5ccc([Si](C)(C)C)cc5)ccc4c(-c4cccc(C=Cc5ccccc5)c4)c3c2)cc1. The summed E-state index contributed by atoms with van der Waals surface area (Å²) in [5.41, 5.74) is 16.0. The predicted molar refractivity (Wildman–Crippen MR) is 338 cm³/mol. The highest BCUT2D eigenvalue weighted by atomic mass is 28.3. The van der Waals surface area contributed by atoms with Crippen molar-refractivity contribution < 1.29 is 0 Å². The van der Waals surface area contributed by atoms with E-state index < -0.39 is 16.1 Å². The highest BCUT2D eigenvalue weighted by molar-refractivity contribution is 6.89. The number of fused-ring (bicyclic) bond motifs is 2. The van der Waals surface area contributed by atoms with Crippen LogP contribution in [-0.2, 0) is 0 Å². The minimum atomic E-state index is -1.54. The van der Waals surface area contributed by atoms with Crippen LogP contribution in [0.3, 0.4) is 0 Å². The van der Waals surface area contributed by atoms with Gasteiger partial charge in [-0.3, -0.25) is 0 Å². The third kappa shape index (κ3) is 10.7. The minimum absolute atomic E-state index is 1.10. The quantitative estimate of drug-likeness (QED) is 0.0608. The topological polar surface area (TPSA) is 6.48 Å². The van der Waals surface area contributed by atoms with E-state index in [0.29, 0.717) is 0 Å². The molecule has 0 fully saturated rings. The number of anilines is 6. The van der Waals surface area contributed by atoms with Crippen LogP contribution < -0.4 is 20.2 Å². The van der Waals surface area contributed by atoms with Gasteiger partial charge in [-0.1, -0.05) is 244 Å². The Morgan fingerprint density at radius 3 is 0.908 bits per heavy atom. The number of hydrogen-bond donors (Lipinski definition) is 0. The number of hydrogen-bond acceptors (Lipinski definition) is 2. The maximum Gasteiger partial charge on any atom is 0.0775 e. The lowest BCUT2D eigenvalue weighted by molar-refractivity contribution is 1.29. The van der Waals surface area contributed by atoms with E-state index in [9.17, 15) is 0 Å². The van der Waals surface area contributed by atoms with Crippen LogP contribution in [0.4, 0.5) is 34.1 Å². The van der Waals surface area contributed by atoms with E-state index in [1.807, 2.05) is 0 Å². The number of para-hydroxylation sites is 2. The lowest BCUT2D eigenvalue weighted by Crippen LogP contribution is -2.37. The van der Waals surface area contributed by atoms with Gasteiger partial charge in [0.15, 0.2) is 0 Å². The van der Waals surface area contributed by atoms with E-state index >= 15 is 0 Å².